The molecule has 0 amide bonds. The maximum atomic E-state index is 7.38. The highest BCUT2D eigenvalue weighted by Crippen LogP contribution is 1.95. The minimum atomic E-state index is 0.218. The fourth-order valence-electron chi connectivity index (χ4n) is 0.567. The molecule has 3 nitrogen and oxygen atoms in total. The van der Waals surface area contributed by atoms with E-state index in [-0.39, 0.29) is 5.90 Å². The van der Waals surface area contributed by atoms with E-state index in [4.69, 9.17) is 10.1 Å². The third kappa shape index (κ3) is 5.77. The molecule has 0 spiro atoms. The zero-order valence-electron chi connectivity index (χ0n) is 8.27. The Morgan fingerprint density at radius 3 is 2.58 bits per heavy atom. The Morgan fingerprint density at radius 2 is 2.17 bits per heavy atom. The molecule has 70 valence electrons. The van der Waals surface area contributed by atoms with Crippen LogP contribution in [0.1, 0.15) is 20.8 Å². The van der Waals surface area contributed by atoms with Crippen molar-refractivity contribution in [3.63, 3.8) is 0 Å². The number of nitrogens with one attached hydrogen (secondary N) is 2. The Hall–Kier alpha value is -0.990. The summed E-state index contributed by atoms with van der Waals surface area (Å²) in [5, 5.41) is 10.3. The molecule has 0 saturated heterocycles. The second-order valence-corrected chi connectivity index (χ2v) is 3.15. The van der Waals surface area contributed by atoms with E-state index in [9.17, 15) is 0 Å². The molecule has 0 fully saturated rings. The summed E-state index contributed by atoms with van der Waals surface area (Å²) in [5.74, 6) is 0.684. The molecule has 0 bridgehead atoms. The molecule has 0 unspecified atom stereocenters. The Morgan fingerprint density at radius 1 is 1.58 bits per heavy atom. The molecule has 2 N–H and O–H groups in total. The van der Waals surface area contributed by atoms with Crippen LogP contribution in [0.4, 0.5) is 0 Å². The van der Waals surface area contributed by atoms with Crippen LogP contribution in [0.15, 0.2) is 11.8 Å². The lowest BCUT2D eigenvalue weighted by atomic mass is 10.2. The van der Waals surface area contributed by atoms with Gasteiger partial charge < -0.3 is 10.1 Å². The first-order chi connectivity index (χ1) is 5.56. The average Bonchev–Trinajstić information content (AvgIpc) is 2.00. The second-order valence-electron chi connectivity index (χ2n) is 3.15. The van der Waals surface area contributed by atoms with E-state index in [0.29, 0.717) is 12.5 Å². The van der Waals surface area contributed by atoms with Crippen molar-refractivity contribution in [1.82, 2.24) is 5.32 Å². The molecule has 12 heavy (non-hydrogen) atoms. The van der Waals surface area contributed by atoms with Crippen molar-refractivity contribution in [2.45, 2.75) is 20.8 Å². The number of ether oxygens (including phenoxy) is 1. The molecule has 0 aromatic heterocycles. The third-order valence-electron chi connectivity index (χ3n) is 1.31. The summed E-state index contributed by atoms with van der Waals surface area (Å²) in [6.07, 6.45) is 1.67. The predicted molar refractivity (Wildman–Crippen MR) is 51.3 cm³/mol. The lowest BCUT2D eigenvalue weighted by molar-refractivity contribution is 0.258. The van der Waals surface area contributed by atoms with E-state index >= 15 is 0 Å². The molecule has 0 aromatic carbocycles. The van der Waals surface area contributed by atoms with E-state index in [1.165, 1.54) is 0 Å². The van der Waals surface area contributed by atoms with Crippen LogP contribution in [0.2, 0.25) is 0 Å². The molecular weight excluding hydrogens is 152 g/mol. The van der Waals surface area contributed by atoms with Crippen molar-refractivity contribution >= 4 is 5.90 Å². The summed E-state index contributed by atoms with van der Waals surface area (Å²) >= 11 is 0. The molecule has 3 heteroatoms. The first kappa shape index (κ1) is 11.0. The van der Waals surface area contributed by atoms with Gasteiger partial charge in [-0.25, -0.2) is 0 Å². The van der Waals surface area contributed by atoms with Crippen molar-refractivity contribution < 1.29 is 4.74 Å². The number of hydrogen-bond donors (Lipinski definition) is 2. The highest BCUT2D eigenvalue weighted by atomic mass is 16.5. The van der Waals surface area contributed by atoms with Gasteiger partial charge in [-0.1, -0.05) is 13.8 Å². The normalized spacial score (nSPS) is 11.6. The van der Waals surface area contributed by atoms with Gasteiger partial charge in [-0.2, -0.15) is 0 Å². The number of rotatable bonds is 4. The van der Waals surface area contributed by atoms with Gasteiger partial charge in [-0.05, 0) is 12.8 Å². The summed E-state index contributed by atoms with van der Waals surface area (Å²) < 4.78 is 5.14. The summed E-state index contributed by atoms with van der Waals surface area (Å²) in [6, 6.07) is 0. The molecule has 0 aliphatic carbocycles. The maximum Gasteiger partial charge on any atom is 0.207 e. The minimum Gasteiger partial charge on any atom is -0.478 e. The van der Waals surface area contributed by atoms with Crippen LogP contribution in [-0.2, 0) is 4.74 Å². The monoisotopic (exact) mass is 170 g/mol. The van der Waals surface area contributed by atoms with Crippen LogP contribution >= 0.6 is 0 Å². The Labute approximate surface area is 74.3 Å². The summed E-state index contributed by atoms with van der Waals surface area (Å²) in [4.78, 5) is 0. The molecule has 0 saturated carbocycles. The second kappa shape index (κ2) is 5.63. The third-order valence-corrected chi connectivity index (χ3v) is 1.31. The van der Waals surface area contributed by atoms with E-state index in [0.717, 1.165) is 5.70 Å². The Kier molecular flexibility index (Phi) is 5.17. The molecule has 0 radical (unpaired) electrons. The zero-order chi connectivity index (χ0) is 9.56. The van der Waals surface area contributed by atoms with Gasteiger partial charge in [0.1, 0.15) is 0 Å². The lowest BCUT2D eigenvalue weighted by Crippen LogP contribution is -2.10. The molecule has 0 aromatic rings. The van der Waals surface area contributed by atoms with E-state index in [1.807, 2.05) is 14.0 Å². The minimum absolute atomic E-state index is 0.218. The topological polar surface area (TPSA) is 45.1 Å². The lowest BCUT2D eigenvalue weighted by Gasteiger charge is -2.07. The first-order valence-corrected chi connectivity index (χ1v) is 4.13. The Balaban J connectivity index is 3.74. The molecule has 0 atom stereocenters. The highest BCUT2D eigenvalue weighted by molar-refractivity contribution is 5.85. The summed E-state index contributed by atoms with van der Waals surface area (Å²) in [5.41, 5.74) is 0.934. The molecule has 0 heterocycles. The van der Waals surface area contributed by atoms with Crippen molar-refractivity contribution in [2.75, 3.05) is 13.7 Å². The van der Waals surface area contributed by atoms with Gasteiger partial charge in [0.2, 0.25) is 5.90 Å². The standard InChI is InChI=1S/C9H18N2O/c1-7(2)6-12-9(10)5-8(3)11-4/h5,7,10-11H,6H2,1-4H3/b8-5-,10-9?. The van der Waals surface area contributed by atoms with Crippen molar-refractivity contribution in [2.24, 2.45) is 5.92 Å². The number of hydrogen-bond acceptors (Lipinski definition) is 3. The van der Waals surface area contributed by atoms with Crippen LogP contribution < -0.4 is 5.32 Å². The average molecular weight is 170 g/mol. The van der Waals surface area contributed by atoms with Crippen molar-refractivity contribution in [3.05, 3.63) is 11.8 Å². The van der Waals surface area contributed by atoms with Gasteiger partial charge in [0.05, 0.1) is 6.61 Å². The zero-order valence-corrected chi connectivity index (χ0v) is 8.27. The fourth-order valence-corrected chi connectivity index (χ4v) is 0.567. The van der Waals surface area contributed by atoms with Gasteiger partial charge >= 0.3 is 0 Å². The maximum absolute atomic E-state index is 7.38. The van der Waals surface area contributed by atoms with Crippen molar-refractivity contribution in [3.8, 4) is 0 Å². The highest BCUT2D eigenvalue weighted by Gasteiger charge is 1.96. The van der Waals surface area contributed by atoms with Gasteiger partial charge in [0.15, 0.2) is 0 Å². The van der Waals surface area contributed by atoms with Crippen LogP contribution in [0.3, 0.4) is 0 Å². The summed E-state index contributed by atoms with van der Waals surface area (Å²) in [7, 11) is 1.82. The Bertz CT molecular complexity index is 173. The predicted octanol–water partition coefficient (Wildman–Crippen LogP) is 1.76. The number of allylic oxidation sites excluding steroid dienone is 1. The first-order valence-electron chi connectivity index (χ1n) is 4.13. The van der Waals surface area contributed by atoms with Gasteiger partial charge in [0.25, 0.3) is 0 Å². The molecule has 0 rings (SSSR count). The SMILES string of the molecule is CN/C(C)=C\C(=N)OCC(C)C. The van der Waals surface area contributed by atoms with Crippen molar-refractivity contribution in [1.29, 1.82) is 5.41 Å². The fraction of sp³-hybridized carbons (Fsp3) is 0.667. The smallest absolute Gasteiger partial charge is 0.207 e. The van der Waals surface area contributed by atoms with E-state index < -0.39 is 0 Å². The molecule has 0 aliphatic rings. The quantitative estimate of drug-likeness (QED) is 0.499. The van der Waals surface area contributed by atoms with Crippen LogP contribution in [-0.4, -0.2) is 19.6 Å². The summed E-state index contributed by atoms with van der Waals surface area (Å²) in [6.45, 7) is 6.61. The van der Waals surface area contributed by atoms with Crippen LogP contribution in [0.5, 0.6) is 0 Å². The molecule has 0 aliphatic heterocycles. The van der Waals surface area contributed by atoms with Gasteiger partial charge in [0, 0.05) is 18.8 Å². The van der Waals surface area contributed by atoms with E-state index in [2.05, 4.69) is 19.2 Å². The van der Waals surface area contributed by atoms with Crippen LogP contribution in [0.25, 0.3) is 0 Å². The molecular formula is C9H18N2O. The van der Waals surface area contributed by atoms with Crippen LogP contribution in [0, 0.1) is 11.3 Å². The van der Waals surface area contributed by atoms with Gasteiger partial charge in [-0.3, -0.25) is 5.41 Å². The largest absolute Gasteiger partial charge is 0.478 e. The van der Waals surface area contributed by atoms with E-state index in [1.54, 1.807) is 6.08 Å². The van der Waals surface area contributed by atoms with Gasteiger partial charge in [-0.15, -0.1) is 0 Å².